The number of hydrogen-bond acceptors (Lipinski definition) is 10. The Morgan fingerprint density at radius 2 is 1.19 bits per heavy atom. The van der Waals surface area contributed by atoms with Gasteiger partial charge < -0.3 is 29.2 Å². The summed E-state index contributed by atoms with van der Waals surface area (Å²) in [4.78, 5) is 48.3. The molecule has 0 aromatic rings. The van der Waals surface area contributed by atoms with Gasteiger partial charge in [0.1, 0.15) is 24.4 Å². The number of carbonyl (C=O) groups is 4. The maximum atomic E-state index is 12.5. The Labute approximate surface area is 340 Å². The summed E-state index contributed by atoms with van der Waals surface area (Å²) in [7, 11) is 0. The van der Waals surface area contributed by atoms with Gasteiger partial charge in [0.15, 0.2) is 0 Å². The van der Waals surface area contributed by atoms with Crippen LogP contribution in [0.1, 0.15) is 132 Å². The summed E-state index contributed by atoms with van der Waals surface area (Å²) < 4.78 is 22.9. The maximum absolute atomic E-state index is 12.5. The average Bonchev–Trinajstić information content (AvgIpc) is 3.16. The third-order valence-corrected chi connectivity index (χ3v) is 13.6. The van der Waals surface area contributed by atoms with Crippen LogP contribution in [0.3, 0.4) is 0 Å². The summed E-state index contributed by atoms with van der Waals surface area (Å²) in [6, 6.07) is 0. The van der Waals surface area contributed by atoms with E-state index < -0.39 is 12.2 Å². The molecule has 2 saturated heterocycles. The van der Waals surface area contributed by atoms with Gasteiger partial charge in [0, 0.05) is 24.7 Å². The van der Waals surface area contributed by atoms with Crippen molar-refractivity contribution in [1.29, 1.82) is 0 Å². The van der Waals surface area contributed by atoms with Crippen molar-refractivity contribution in [1.82, 2.24) is 0 Å². The highest BCUT2D eigenvalue weighted by Gasteiger charge is 2.43. The molecule has 6 rings (SSSR count). The Bertz CT molecular complexity index is 1530. The SMILES string of the molecule is CC[C@H](C)C(=O)O[C@H]1CCC=C2C=C[C@H](C)[C@H](CC[C@@H]3C[C@@H](O)CC(=O)O3)[C@H]21.CC[C@H](C)C(=O)O[C@H]1C[C@@H](C)C=C2C=C[C@H](C)[C@H](CC[C@@H]3C[C@@H](O)CC(=O)O3)[C@H]21. The van der Waals surface area contributed by atoms with Crippen LogP contribution in [0.5, 0.6) is 0 Å². The zero-order valence-electron chi connectivity index (χ0n) is 35.5. The lowest BCUT2D eigenvalue weighted by Crippen LogP contribution is -2.42. The summed E-state index contributed by atoms with van der Waals surface area (Å²) in [5.41, 5.74) is 2.55. The molecule has 0 amide bonds. The third kappa shape index (κ3) is 11.9. The largest absolute Gasteiger partial charge is 0.462 e. The molecule has 2 fully saturated rings. The van der Waals surface area contributed by atoms with Gasteiger partial charge in [-0.05, 0) is 98.5 Å². The molecule has 0 spiro atoms. The van der Waals surface area contributed by atoms with Crippen LogP contribution in [-0.4, -0.2) is 70.7 Å². The fourth-order valence-electron chi connectivity index (χ4n) is 9.87. The van der Waals surface area contributed by atoms with Crippen molar-refractivity contribution in [2.24, 2.45) is 53.3 Å². The van der Waals surface area contributed by atoms with Crippen molar-refractivity contribution in [3.63, 3.8) is 0 Å². The molecule has 0 radical (unpaired) electrons. The lowest BCUT2D eigenvalue weighted by Gasteiger charge is -2.43. The molecule has 318 valence electrons. The molecule has 57 heavy (non-hydrogen) atoms. The van der Waals surface area contributed by atoms with E-state index in [2.05, 4.69) is 57.2 Å². The van der Waals surface area contributed by atoms with Gasteiger partial charge in [-0.25, -0.2) is 0 Å². The van der Waals surface area contributed by atoms with Crippen LogP contribution < -0.4 is 0 Å². The average molecular weight is 795 g/mol. The Balaban J connectivity index is 0.000000218. The monoisotopic (exact) mass is 794 g/mol. The van der Waals surface area contributed by atoms with Crippen LogP contribution in [0.25, 0.3) is 0 Å². The normalized spacial score (nSPS) is 37.0. The van der Waals surface area contributed by atoms with Gasteiger partial charge >= 0.3 is 23.9 Å². The van der Waals surface area contributed by atoms with Crippen LogP contribution in [-0.2, 0) is 38.1 Å². The first-order valence-electron chi connectivity index (χ1n) is 22.1. The predicted octanol–water partition coefficient (Wildman–Crippen LogP) is 8.15. The first-order chi connectivity index (χ1) is 27.2. The second-order valence-electron chi connectivity index (χ2n) is 18.1. The van der Waals surface area contributed by atoms with E-state index in [0.29, 0.717) is 42.4 Å². The number of rotatable bonds is 12. The van der Waals surface area contributed by atoms with Crippen molar-refractivity contribution in [3.05, 3.63) is 47.6 Å². The molecule has 2 aliphatic heterocycles. The van der Waals surface area contributed by atoms with E-state index in [1.807, 2.05) is 27.7 Å². The fourth-order valence-corrected chi connectivity index (χ4v) is 9.87. The molecule has 15 atom stereocenters. The molecule has 0 aromatic carbocycles. The summed E-state index contributed by atoms with van der Waals surface area (Å²) in [5.74, 6) is 1.18. The summed E-state index contributed by atoms with van der Waals surface area (Å²) in [6.45, 7) is 14.5. The minimum atomic E-state index is -0.597. The lowest BCUT2D eigenvalue weighted by atomic mass is 9.65. The van der Waals surface area contributed by atoms with Crippen molar-refractivity contribution < 1.29 is 48.3 Å². The van der Waals surface area contributed by atoms with E-state index in [9.17, 15) is 29.4 Å². The second kappa shape index (κ2) is 20.6. The lowest BCUT2D eigenvalue weighted by molar-refractivity contribution is -0.162. The summed E-state index contributed by atoms with van der Waals surface area (Å²) >= 11 is 0. The molecule has 2 N–H and O–H groups in total. The van der Waals surface area contributed by atoms with Crippen LogP contribution in [0.2, 0.25) is 0 Å². The first-order valence-corrected chi connectivity index (χ1v) is 22.1. The quantitative estimate of drug-likeness (QED) is 0.147. The fraction of sp³-hybridized carbons (Fsp3) is 0.745. The van der Waals surface area contributed by atoms with Gasteiger partial charge in [0.05, 0.1) is 36.9 Å². The maximum Gasteiger partial charge on any atom is 0.308 e. The van der Waals surface area contributed by atoms with E-state index in [1.165, 1.54) is 11.1 Å². The molecule has 6 aliphatic rings. The van der Waals surface area contributed by atoms with Crippen molar-refractivity contribution in [2.75, 3.05) is 0 Å². The van der Waals surface area contributed by atoms with E-state index in [0.717, 1.165) is 57.8 Å². The Hall–Kier alpha value is -3.24. The van der Waals surface area contributed by atoms with Crippen LogP contribution in [0, 0.1) is 53.3 Å². The first kappa shape index (κ1) is 44.9. The highest BCUT2D eigenvalue weighted by Crippen LogP contribution is 2.46. The molecule has 2 heterocycles. The minimum absolute atomic E-state index is 0.0764. The molecular formula is C47H70O10. The summed E-state index contributed by atoms with van der Waals surface area (Å²) in [5, 5.41) is 19.8. The van der Waals surface area contributed by atoms with Gasteiger partial charge in [-0.2, -0.15) is 0 Å². The number of esters is 4. The number of allylic oxidation sites excluding steroid dienone is 6. The zero-order chi connectivity index (χ0) is 41.4. The highest BCUT2D eigenvalue weighted by atomic mass is 16.6. The smallest absolute Gasteiger partial charge is 0.308 e. The Morgan fingerprint density at radius 3 is 1.68 bits per heavy atom. The number of hydrogen-bond donors (Lipinski definition) is 2. The second-order valence-corrected chi connectivity index (χ2v) is 18.1. The van der Waals surface area contributed by atoms with Crippen molar-refractivity contribution in [2.45, 2.75) is 169 Å². The van der Waals surface area contributed by atoms with Gasteiger partial charge in [0.2, 0.25) is 0 Å². The number of fused-ring (bicyclic) bond motifs is 2. The van der Waals surface area contributed by atoms with Crippen molar-refractivity contribution in [3.8, 4) is 0 Å². The van der Waals surface area contributed by atoms with Crippen LogP contribution in [0.4, 0.5) is 0 Å². The number of cyclic esters (lactones) is 2. The highest BCUT2D eigenvalue weighted by molar-refractivity contribution is 5.73. The minimum Gasteiger partial charge on any atom is -0.462 e. The number of aliphatic hydroxyl groups is 2. The van der Waals surface area contributed by atoms with Gasteiger partial charge in [0.25, 0.3) is 0 Å². The third-order valence-electron chi connectivity index (χ3n) is 13.6. The topological polar surface area (TPSA) is 146 Å². The van der Waals surface area contributed by atoms with E-state index in [1.54, 1.807) is 0 Å². The van der Waals surface area contributed by atoms with Crippen molar-refractivity contribution >= 4 is 23.9 Å². The Kier molecular flexibility index (Phi) is 16.2. The molecule has 4 aliphatic carbocycles. The van der Waals surface area contributed by atoms with Gasteiger partial charge in [-0.3, -0.25) is 19.2 Å². The molecular weight excluding hydrogens is 725 g/mol. The predicted molar refractivity (Wildman–Crippen MR) is 217 cm³/mol. The molecule has 0 saturated carbocycles. The van der Waals surface area contributed by atoms with Gasteiger partial charge in [-0.1, -0.05) is 84.9 Å². The molecule has 0 bridgehead atoms. The summed E-state index contributed by atoms with van der Waals surface area (Å²) in [6.07, 6.45) is 20.3. The van der Waals surface area contributed by atoms with Crippen LogP contribution >= 0.6 is 0 Å². The zero-order valence-corrected chi connectivity index (χ0v) is 35.5. The van der Waals surface area contributed by atoms with Crippen LogP contribution in [0.15, 0.2) is 47.6 Å². The van der Waals surface area contributed by atoms with E-state index in [4.69, 9.17) is 18.9 Å². The molecule has 10 heteroatoms. The number of carbonyl (C=O) groups excluding carboxylic acids is 4. The molecule has 0 unspecified atom stereocenters. The molecule has 0 aromatic heterocycles. The Morgan fingerprint density at radius 1 is 0.719 bits per heavy atom. The number of aliphatic hydroxyl groups excluding tert-OH is 2. The van der Waals surface area contributed by atoms with E-state index in [-0.39, 0.29) is 84.8 Å². The number of ether oxygens (including phenoxy) is 4. The standard InChI is InChI=1S/C24H36O5.C23H34O5/c1-5-15(3)24(27)29-21-11-14(2)10-17-7-6-16(4)20(23(17)21)9-8-19-12-18(25)13-22(26)28-19;1-4-14(2)23(26)28-20-7-5-6-16-9-8-15(3)19(22(16)20)11-10-18-12-17(24)13-21(25)27-18/h6-7,10,14-16,18-21,23,25H,5,8-9,11-13H2,1-4H3;6,8-9,14-15,17-20,22,24H,4-5,7,10-13H2,1-3H3/t14-,15-,16-,18+,19+,20-,21-,23-;14-,15-,17+,18+,19-,20-,22-/m00/s1. The van der Waals surface area contributed by atoms with E-state index >= 15 is 0 Å². The van der Waals surface area contributed by atoms with Gasteiger partial charge in [-0.15, -0.1) is 0 Å². The molecule has 10 nitrogen and oxygen atoms in total.